The smallest absolute Gasteiger partial charge is 0.304 e. The van der Waals surface area contributed by atoms with Crippen LogP contribution in [0.5, 0.6) is 0 Å². The first-order valence-electron chi connectivity index (χ1n) is 8.19. The molecule has 0 amide bonds. The molecule has 3 N–H and O–H groups in total. The molecule has 0 bridgehead atoms. The minimum Gasteiger partial charge on any atom is -0.481 e. The highest BCUT2D eigenvalue weighted by Crippen LogP contribution is 2.62. The van der Waals surface area contributed by atoms with Crippen molar-refractivity contribution in [2.24, 2.45) is 16.7 Å². The second-order valence-corrected chi connectivity index (χ2v) is 8.96. The van der Waals surface area contributed by atoms with E-state index in [-0.39, 0.29) is 30.3 Å². The van der Waals surface area contributed by atoms with E-state index in [9.17, 15) is 20.1 Å². The van der Waals surface area contributed by atoms with E-state index in [1.54, 1.807) is 11.3 Å². The second-order valence-electron chi connectivity index (χ2n) is 7.67. The normalized spacial score (nSPS) is 39.6. The molecule has 3 rings (SSSR count). The van der Waals surface area contributed by atoms with E-state index in [4.69, 9.17) is 0 Å². The highest BCUT2D eigenvalue weighted by atomic mass is 32.1. The largest absolute Gasteiger partial charge is 0.481 e. The quantitative estimate of drug-likeness (QED) is 0.786. The van der Waals surface area contributed by atoms with Gasteiger partial charge < -0.3 is 15.3 Å². The number of carboxylic acids is 1. The number of thiazole rings is 1. The van der Waals surface area contributed by atoms with Crippen molar-refractivity contribution >= 4 is 17.3 Å². The molecule has 1 heterocycles. The first-order valence-corrected chi connectivity index (χ1v) is 9.01. The van der Waals surface area contributed by atoms with Gasteiger partial charge in [0.2, 0.25) is 0 Å². The van der Waals surface area contributed by atoms with Crippen molar-refractivity contribution in [1.82, 2.24) is 4.98 Å². The van der Waals surface area contributed by atoms with Crippen LogP contribution in [0.15, 0.2) is 0 Å². The maximum absolute atomic E-state index is 11.5. The zero-order chi connectivity index (χ0) is 17.0. The summed E-state index contributed by atoms with van der Waals surface area (Å²) < 4.78 is 0. The Kier molecular flexibility index (Phi) is 4.06. The molecule has 0 radical (unpaired) electrons. The summed E-state index contributed by atoms with van der Waals surface area (Å²) in [7, 11) is 0. The Hall–Kier alpha value is -0.980. The van der Waals surface area contributed by atoms with Crippen molar-refractivity contribution in [1.29, 1.82) is 0 Å². The molecule has 6 heteroatoms. The first-order chi connectivity index (χ1) is 10.7. The lowest BCUT2D eigenvalue weighted by molar-refractivity contribution is -0.150. The van der Waals surface area contributed by atoms with Crippen molar-refractivity contribution in [3.05, 3.63) is 15.6 Å². The average molecular weight is 339 g/mol. The van der Waals surface area contributed by atoms with Gasteiger partial charge in [0.05, 0.1) is 29.8 Å². The van der Waals surface area contributed by atoms with Crippen LogP contribution in [-0.2, 0) is 11.2 Å². The Morgan fingerprint density at radius 3 is 2.74 bits per heavy atom. The minimum absolute atomic E-state index is 0.0560. The third-order valence-electron chi connectivity index (χ3n) is 6.38. The van der Waals surface area contributed by atoms with Crippen LogP contribution in [0.2, 0.25) is 0 Å². The summed E-state index contributed by atoms with van der Waals surface area (Å²) in [4.78, 5) is 17.2. The molecule has 1 aromatic rings. The van der Waals surface area contributed by atoms with Crippen LogP contribution < -0.4 is 0 Å². The molecule has 0 saturated heterocycles. The van der Waals surface area contributed by atoms with E-state index in [0.717, 1.165) is 28.4 Å². The van der Waals surface area contributed by atoms with Crippen LogP contribution in [0.1, 0.15) is 54.6 Å². The van der Waals surface area contributed by atoms with Gasteiger partial charge in [0.25, 0.3) is 0 Å². The van der Waals surface area contributed by atoms with Crippen molar-refractivity contribution < 1.29 is 20.1 Å². The third kappa shape index (κ3) is 2.42. The summed E-state index contributed by atoms with van der Waals surface area (Å²) in [5, 5.41) is 30.9. The molecule has 0 unspecified atom stereocenters. The Bertz CT molecular complexity index is 630. The topological polar surface area (TPSA) is 90.7 Å². The van der Waals surface area contributed by atoms with E-state index in [1.807, 2.05) is 13.8 Å². The molecule has 2 aliphatic carbocycles. The predicted octanol–water partition coefficient (Wildman–Crippen LogP) is 2.34. The number of aromatic nitrogens is 1. The molecule has 128 valence electrons. The standard InChI is InChI=1S/C17H25NO4S/c1-9-18-15-10(6-14(21)22)16(2)5-4-13(20)17(3,8-19)12(16)7-11(15)23-9/h10,12-13,19-20H,4-8H2,1-3H3,(H,21,22)/t10-,12+,13-,16+,17+/m1/s1. The molecule has 0 aliphatic heterocycles. The number of hydrogen-bond acceptors (Lipinski definition) is 5. The van der Waals surface area contributed by atoms with Crippen LogP contribution >= 0.6 is 11.3 Å². The summed E-state index contributed by atoms with van der Waals surface area (Å²) in [5.41, 5.74) is 0.0763. The van der Waals surface area contributed by atoms with Crippen LogP contribution in [0.3, 0.4) is 0 Å². The number of carbonyl (C=O) groups is 1. The summed E-state index contributed by atoms with van der Waals surface area (Å²) >= 11 is 1.62. The Morgan fingerprint density at radius 2 is 2.13 bits per heavy atom. The molecule has 5 atom stereocenters. The van der Waals surface area contributed by atoms with Gasteiger partial charge in [0, 0.05) is 16.2 Å². The number of hydrogen-bond donors (Lipinski definition) is 3. The van der Waals surface area contributed by atoms with E-state index in [2.05, 4.69) is 11.9 Å². The number of aliphatic hydroxyl groups is 2. The number of nitrogens with zero attached hydrogens (tertiary/aromatic N) is 1. The SMILES string of the molecule is Cc1nc2c(s1)C[C@@H]1[C@](C)(CO)[C@H](O)CC[C@@]1(C)[C@@H]2CC(=O)O. The number of aliphatic hydroxyl groups excluding tert-OH is 2. The van der Waals surface area contributed by atoms with Gasteiger partial charge in [-0.25, -0.2) is 4.98 Å². The van der Waals surface area contributed by atoms with Gasteiger partial charge in [-0.2, -0.15) is 0 Å². The molecule has 0 spiro atoms. The van der Waals surface area contributed by atoms with Gasteiger partial charge in [-0.3, -0.25) is 4.79 Å². The van der Waals surface area contributed by atoms with Crippen LogP contribution in [0, 0.1) is 23.7 Å². The summed E-state index contributed by atoms with van der Waals surface area (Å²) in [6, 6.07) is 0. The molecule has 5 nitrogen and oxygen atoms in total. The van der Waals surface area contributed by atoms with Crippen molar-refractivity contribution in [3.8, 4) is 0 Å². The van der Waals surface area contributed by atoms with E-state index >= 15 is 0 Å². The zero-order valence-corrected chi connectivity index (χ0v) is 14.7. The number of rotatable bonds is 3. The lowest BCUT2D eigenvalue weighted by Gasteiger charge is -2.58. The van der Waals surface area contributed by atoms with E-state index in [1.165, 1.54) is 0 Å². The fourth-order valence-electron chi connectivity index (χ4n) is 4.94. The number of fused-ring (bicyclic) bond motifs is 2. The first kappa shape index (κ1) is 16.9. The summed E-state index contributed by atoms with van der Waals surface area (Å²) in [5.74, 6) is -0.914. The van der Waals surface area contributed by atoms with Crippen molar-refractivity contribution in [2.45, 2.75) is 58.5 Å². The van der Waals surface area contributed by atoms with Gasteiger partial charge in [-0.15, -0.1) is 11.3 Å². The van der Waals surface area contributed by atoms with E-state index in [0.29, 0.717) is 6.42 Å². The number of aryl methyl sites for hydroxylation is 1. The second kappa shape index (κ2) is 5.53. The van der Waals surface area contributed by atoms with Gasteiger partial charge in [0.1, 0.15) is 0 Å². The molecule has 23 heavy (non-hydrogen) atoms. The van der Waals surface area contributed by atoms with Gasteiger partial charge in [-0.05, 0) is 37.5 Å². The Balaban J connectivity index is 2.13. The van der Waals surface area contributed by atoms with Crippen LogP contribution in [-0.4, -0.2) is 39.0 Å². The molecule has 1 aromatic heterocycles. The lowest BCUT2D eigenvalue weighted by Crippen LogP contribution is -2.57. The molecular weight excluding hydrogens is 314 g/mol. The van der Waals surface area contributed by atoms with Crippen LogP contribution in [0.25, 0.3) is 0 Å². The minimum atomic E-state index is -0.815. The number of carboxylic acid groups (broad SMARTS) is 1. The molecule has 2 aliphatic rings. The fourth-order valence-corrected chi connectivity index (χ4v) is 5.99. The number of aliphatic carboxylic acids is 1. The molecular formula is C17H25NO4S. The van der Waals surface area contributed by atoms with Crippen molar-refractivity contribution in [3.63, 3.8) is 0 Å². The summed E-state index contributed by atoms with van der Waals surface area (Å²) in [6.07, 6.45) is 1.63. The fraction of sp³-hybridized carbons (Fsp3) is 0.765. The third-order valence-corrected chi connectivity index (χ3v) is 7.39. The molecule has 0 aromatic carbocycles. The van der Waals surface area contributed by atoms with Crippen LogP contribution in [0.4, 0.5) is 0 Å². The van der Waals surface area contributed by atoms with E-state index < -0.39 is 17.5 Å². The Labute approximate surface area is 140 Å². The van der Waals surface area contributed by atoms with Crippen molar-refractivity contribution in [2.75, 3.05) is 6.61 Å². The highest BCUT2D eigenvalue weighted by molar-refractivity contribution is 7.11. The monoisotopic (exact) mass is 339 g/mol. The lowest BCUT2D eigenvalue weighted by atomic mass is 9.47. The molecule has 1 saturated carbocycles. The maximum Gasteiger partial charge on any atom is 0.304 e. The van der Waals surface area contributed by atoms with Gasteiger partial charge in [-0.1, -0.05) is 13.8 Å². The Morgan fingerprint density at radius 1 is 1.43 bits per heavy atom. The maximum atomic E-state index is 11.5. The predicted molar refractivity (Wildman–Crippen MR) is 87.6 cm³/mol. The average Bonchev–Trinajstić information content (AvgIpc) is 2.85. The molecule has 1 fully saturated rings. The zero-order valence-electron chi connectivity index (χ0n) is 13.9. The summed E-state index contributed by atoms with van der Waals surface area (Å²) in [6.45, 7) is 5.94. The van der Waals surface area contributed by atoms with Gasteiger partial charge >= 0.3 is 5.97 Å². The van der Waals surface area contributed by atoms with Gasteiger partial charge in [0.15, 0.2) is 0 Å². The highest BCUT2D eigenvalue weighted by Gasteiger charge is 2.59.